The van der Waals surface area contributed by atoms with E-state index in [1.807, 2.05) is 112 Å². The summed E-state index contributed by atoms with van der Waals surface area (Å²) in [6.07, 6.45) is -2.18. The molecule has 70 heavy (non-hydrogen) atoms. The maximum absolute atomic E-state index is 11.5. The molecule has 0 atom stereocenters. The van der Waals surface area contributed by atoms with Gasteiger partial charge < -0.3 is 59.3 Å². The van der Waals surface area contributed by atoms with Crippen molar-refractivity contribution in [1.29, 1.82) is 0 Å². The van der Waals surface area contributed by atoms with Crippen molar-refractivity contribution in [3.05, 3.63) is 108 Å². The van der Waals surface area contributed by atoms with Gasteiger partial charge in [-0.25, -0.2) is 24.0 Å². The Balaban J connectivity index is 0. The fourth-order valence-corrected chi connectivity index (χ4v) is 4.41. The molecular formula is C48H66BrN3O18. The van der Waals surface area contributed by atoms with Gasteiger partial charge in [0.15, 0.2) is 13.2 Å². The Morgan fingerprint density at radius 2 is 0.757 bits per heavy atom. The minimum Gasteiger partial charge on any atom is -0.481 e. The van der Waals surface area contributed by atoms with Gasteiger partial charge in [-0.1, -0.05) is 114 Å². The number of nitrogens with one attached hydrogen (secondary N) is 3. The number of carboxylic acid groups (broad SMARTS) is 2. The van der Waals surface area contributed by atoms with E-state index in [0.717, 1.165) is 16.7 Å². The van der Waals surface area contributed by atoms with Crippen molar-refractivity contribution in [2.24, 2.45) is 0 Å². The standard InChI is InChI=1S/C17H23NO6.C13H15NO6.C11H13NO4.C6H11BrO2.CH4/c1-17(2,3)24-15(20)12-22-14(19)9-10-18-16(21)23-11-13-7-5-4-6-8-13;15-11(16)9-19-12(17)6-7-14-13(18)20-8-10-4-2-1-3-5-10;13-10(14)6-7-12-11(15)16-8-9-4-2-1-3-5-9;1-6(2,3)9-5(8)4-7;/h4-8H,9-12H2,1-3H3,(H,18,21);1-5H,6-9H2,(H,14,18)(H,15,16);1-5H,6-8H2,(H,12,15)(H,13,14);4H2,1-3H3;1H4. The predicted molar refractivity (Wildman–Crippen MR) is 257 cm³/mol. The van der Waals surface area contributed by atoms with Gasteiger partial charge in [0.2, 0.25) is 0 Å². The van der Waals surface area contributed by atoms with E-state index in [9.17, 15) is 43.2 Å². The van der Waals surface area contributed by atoms with Crippen molar-refractivity contribution in [3.8, 4) is 0 Å². The van der Waals surface area contributed by atoms with Crippen LogP contribution >= 0.6 is 15.9 Å². The maximum atomic E-state index is 11.5. The van der Waals surface area contributed by atoms with Crippen molar-refractivity contribution in [1.82, 2.24) is 16.0 Å². The molecule has 0 fully saturated rings. The molecule has 3 aromatic carbocycles. The number of rotatable bonds is 20. The van der Waals surface area contributed by atoms with Crippen LogP contribution in [0, 0.1) is 0 Å². The van der Waals surface area contributed by atoms with E-state index in [2.05, 4.69) is 36.6 Å². The second kappa shape index (κ2) is 37.7. The Kier molecular flexibility index (Phi) is 34.9. The van der Waals surface area contributed by atoms with Crippen LogP contribution in [0.3, 0.4) is 0 Å². The molecule has 21 nitrogen and oxygen atoms in total. The highest BCUT2D eigenvalue weighted by Gasteiger charge is 2.18. The van der Waals surface area contributed by atoms with Crippen LogP contribution in [0.5, 0.6) is 0 Å². The van der Waals surface area contributed by atoms with E-state index in [4.69, 9.17) is 38.6 Å². The lowest BCUT2D eigenvalue weighted by molar-refractivity contribution is -0.166. The zero-order valence-corrected chi connectivity index (χ0v) is 41.0. The first-order chi connectivity index (χ1) is 32.5. The molecule has 0 unspecified atom stereocenters. The minimum atomic E-state index is -1.23. The Bertz CT molecular complexity index is 2010. The minimum absolute atomic E-state index is 0. The molecule has 22 heteroatoms. The summed E-state index contributed by atoms with van der Waals surface area (Å²) in [4.78, 5) is 98.5. The maximum Gasteiger partial charge on any atom is 0.407 e. The SMILES string of the molecule is C.CC(C)(C)OC(=O)CBr.CC(C)(C)OC(=O)COC(=O)CCNC(=O)OCc1ccccc1.O=C(O)CCNC(=O)OCc1ccccc1.O=C(O)COC(=O)CCNC(=O)OCc1ccccc1. The molecule has 0 heterocycles. The smallest absolute Gasteiger partial charge is 0.407 e. The zero-order valence-electron chi connectivity index (χ0n) is 39.4. The number of esters is 4. The van der Waals surface area contributed by atoms with Gasteiger partial charge in [0.1, 0.15) is 36.4 Å². The molecule has 3 amide bonds. The molecule has 5 N–H and O–H groups in total. The molecule has 0 saturated heterocycles. The van der Waals surface area contributed by atoms with Gasteiger partial charge in [-0.3, -0.25) is 19.2 Å². The van der Waals surface area contributed by atoms with E-state index < -0.39 is 66.9 Å². The molecule has 0 saturated carbocycles. The number of hydrogen-bond donors (Lipinski definition) is 5. The number of benzene rings is 3. The van der Waals surface area contributed by atoms with Crippen molar-refractivity contribution < 1.29 is 86.5 Å². The number of hydrogen-bond acceptors (Lipinski definition) is 16. The Hall–Kier alpha value is -7.23. The molecule has 0 bridgehead atoms. The van der Waals surface area contributed by atoms with Crippen molar-refractivity contribution >= 4 is 70.0 Å². The van der Waals surface area contributed by atoms with E-state index in [-0.39, 0.29) is 83.0 Å². The number of alkyl halides is 1. The van der Waals surface area contributed by atoms with Gasteiger partial charge in [0.25, 0.3) is 0 Å². The Morgan fingerprint density at radius 1 is 0.443 bits per heavy atom. The van der Waals surface area contributed by atoms with Gasteiger partial charge in [-0.15, -0.1) is 0 Å². The van der Waals surface area contributed by atoms with Crippen LogP contribution in [0.1, 0.15) is 84.9 Å². The van der Waals surface area contributed by atoms with Gasteiger partial charge in [0, 0.05) is 19.6 Å². The van der Waals surface area contributed by atoms with Crippen molar-refractivity contribution in [2.75, 3.05) is 38.2 Å². The summed E-state index contributed by atoms with van der Waals surface area (Å²) >= 11 is 2.99. The number of carboxylic acids is 2. The highest BCUT2D eigenvalue weighted by atomic mass is 79.9. The van der Waals surface area contributed by atoms with Crippen LogP contribution in [0.25, 0.3) is 0 Å². The predicted octanol–water partition coefficient (Wildman–Crippen LogP) is 6.87. The number of amides is 3. The summed E-state index contributed by atoms with van der Waals surface area (Å²) in [6, 6.07) is 27.6. The van der Waals surface area contributed by atoms with E-state index in [1.54, 1.807) is 20.8 Å². The zero-order chi connectivity index (χ0) is 52.1. The van der Waals surface area contributed by atoms with Gasteiger partial charge >= 0.3 is 54.1 Å². The molecule has 0 radical (unpaired) electrons. The molecule has 3 rings (SSSR count). The fraction of sp³-hybridized carbons (Fsp3) is 0.438. The highest BCUT2D eigenvalue weighted by molar-refractivity contribution is 9.09. The Morgan fingerprint density at radius 3 is 1.04 bits per heavy atom. The summed E-state index contributed by atoms with van der Waals surface area (Å²) in [6.45, 7) is 10.2. The van der Waals surface area contributed by atoms with Crippen LogP contribution < -0.4 is 16.0 Å². The first kappa shape index (κ1) is 64.9. The second-order valence-electron chi connectivity index (χ2n) is 15.6. The third-order valence-electron chi connectivity index (χ3n) is 7.10. The van der Waals surface area contributed by atoms with Crippen LogP contribution in [0.15, 0.2) is 91.0 Å². The van der Waals surface area contributed by atoms with Gasteiger partial charge in [-0.05, 0) is 58.2 Å². The summed E-state index contributed by atoms with van der Waals surface area (Å²) < 4.78 is 33.8. The topological polar surface area (TPSA) is 295 Å². The highest BCUT2D eigenvalue weighted by Crippen LogP contribution is 2.08. The first-order valence-corrected chi connectivity index (χ1v) is 22.2. The molecular weight excluding hydrogens is 986 g/mol. The molecule has 3 aromatic rings. The van der Waals surface area contributed by atoms with Crippen LogP contribution in [0.4, 0.5) is 14.4 Å². The monoisotopic (exact) mass is 1050 g/mol. The number of alkyl carbamates (subject to hydrolysis) is 3. The Labute approximate surface area is 416 Å². The average molecular weight is 1050 g/mol. The van der Waals surface area contributed by atoms with Crippen molar-refractivity contribution in [2.45, 2.75) is 99.3 Å². The van der Waals surface area contributed by atoms with E-state index >= 15 is 0 Å². The average Bonchev–Trinajstić information content (AvgIpc) is 3.28. The van der Waals surface area contributed by atoms with Crippen molar-refractivity contribution in [3.63, 3.8) is 0 Å². The van der Waals surface area contributed by atoms with Crippen LogP contribution in [-0.4, -0.2) is 114 Å². The molecule has 388 valence electrons. The largest absolute Gasteiger partial charge is 0.481 e. The number of ether oxygens (including phenoxy) is 7. The third-order valence-corrected chi connectivity index (χ3v) is 7.56. The lowest BCUT2D eigenvalue weighted by atomic mass is 10.2. The molecule has 0 spiro atoms. The third kappa shape index (κ3) is 42.1. The number of halogens is 1. The molecule has 0 aliphatic rings. The normalized spacial score (nSPS) is 9.99. The number of carbonyl (C=O) groups is 9. The summed E-state index contributed by atoms with van der Waals surface area (Å²) in [5.41, 5.74) is 1.61. The molecule has 0 aromatic heterocycles. The number of carbonyl (C=O) groups excluding carboxylic acids is 7. The quantitative estimate of drug-likeness (QED) is 0.0438. The summed E-state index contributed by atoms with van der Waals surface area (Å²) in [7, 11) is 0. The summed E-state index contributed by atoms with van der Waals surface area (Å²) in [5, 5.41) is 24.0. The lowest BCUT2D eigenvalue weighted by Gasteiger charge is -2.19. The summed E-state index contributed by atoms with van der Waals surface area (Å²) in [5.74, 6) is -4.33. The van der Waals surface area contributed by atoms with E-state index in [1.165, 1.54) is 0 Å². The van der Waals surface area contributed by atoms with Gasteiger partial charge in [0.05, 0.1) is 19.3 Å². The molecule has 0 aliphatic heterocycles. The second-order valence-corrected chi connectivity index (χ2v) is 16.2. The van der Waals surface area contributed by atoms with E-state index in [0.29, 0.717) is 0 Å². The fourth-order valence-electron chi connectivity index (χ4n) is 4.29. The number of aliphatic carboxylic acids is 2. The van der Waals surface area contributed by atoms with Crippen LogP contribution in [0.2, 0.25) is 0 Å². The first-order valence-electron chi connectivity index (χ1n) is 21.1. The molecule has 0 aliphatic carbocycles. The lowest BCUT2D eigenvalue weighted by Crippen LogP contribution is -2.29. The van der Waals surface area contributed by atoms with Crippen LogP contribution in [-0.2, 0) is 81.7 Å². The van der Waals surface area contributed by atoms with Gasteiger partial charge in [-0.2, -0.15) is 0 Å².